The third-order valence-electron chi connectivity index (χ3n) is 5.78. The molecular formula is C22H22ClN5O. The number of imidazole rings is 1. The van der Waals surface area contributed by atoms with Gasteiger partial charge >= 0.3 is 0 Å². The highest BCUT2D eigenvalue weighted by Crippen LogP contribution is 2.37. The van der Waals surface area contributed by atoms with Gasteiger partial charge in [-0.3, -0.25) is 4.79 Å². The molecule has 3 heterocycles. The second-order valence-corrected chi connectivity index (χ2v) is 8.26. The van der Waals surface area contributed by atoms with Gasteiger partial charge in [0.15, 0.2) is 0 Å². The SMILES string of the molecule is CN(C)[C@@H]1CCN(c2c(-c3nc4ccccc4[nH]3)c(=O)[nH]c3ccc(Cl)cc23)C1. The van der Waals surface area contributed by atoms with Gasteiger partial charge in [-0.25, -0.2) is 4.98 Å². The molecule has 5 rings (SSSR count). The zero-order chi connectivity index (χ0) is 20.1. The molecule has 0 bridgehead atoms. The molecule has 1 aliphatic heterocycles. The minimum atomic E-state index is -0.151. The Morgan fingerprint density at radius 3 is 2.72 bits per heavy atom. The molecule has 0 aliphatic carbocycles. The lowest BCUT2D eigenvalue weighted by molar-refractivity contribution is 0.315. The average Bonchev–Trinajstić information content (AvgIpc) is 3.34. The summed E-state index contributed by atoms with van der Waals surface area (Å²) in [6.45, 7) is 1.73. The van der Waals surface area contributed by atoms with Gasteiger partial charge in [-0.15, -0.1) is 0 Å². The number of nitrogens with zero attached hydrogens (tertiary/aromatic N) is 3. The van der Waals surface area contributed by atoms with Gasteiger partial charge in [0, 0.05) is 29.5 Å². The number of aromatic nitrogens is 3. The number of hydrogen-bond donors (Lipinski definition) is 2. The van der Waals surface area contributed by atoms with Crippen LogP contribution >= 0.6 is 11.6 Å². The van der Waals surface area contributed by atoms with Gasteiger partial charge in [0.1, 0.15) is 11.4 Å². The normalized spacial score (nSPS) is 17.1. The Hall–Kier alpha value is -2.83. The molecule has 2 N–H and O–H groups in total. The van der Waals surface area contributed by atoms with Crippen LogP contribution in [0.15, 0.2) is 47.3 Å². The highest BCUT2D eigenvalue weighted by Gasteiger charge is 2.29. The monoisotopic (exact) mass is 407 g/mol. The number of anilines is 1. The predicted octanol–water partition coefficient (Wildman–Crippen LogP) is 3.87. The summed E-state index contributed by atoms with van der Waals surface area (Å²) in [5.41, 5.74) is 3.84. The number of halogens is 1. The van der Waals surface area contributed by atoms with E-state index in [9.17, 15) is 4.79 Å². The van der Waals surface area contributed by atoms with E-state index >= 15 is 0 Å². The van der Waals surface area contributed by atoms with E-state index in [0.29, 0.717) is 22.5 Å². The van der Waals surface area contributed by atoms with E-state index in [0.717, 1.165) is 47.1 Å². The third-order valence-corrected chi connectivity index (χ3v) is 6.02. The molecular weight excluding hydrogens is 386 g/mol. The Balaban J connectivity index is 1.78. The van der Waals surface area contributed by atoms with E-state index < -0.39 is 0 Å². The zero-order valence-electron chi connectivity index (χ0n) is 16.4. The van der Waals surface area contributed by atoms with Crippen molar-refractivity contribution in [2.24, 2.45) is 0 Å². The fourth-order valence-electron chi connectivity index (χ4n) is 4.23. The summed E-state index contributed by atoms with van der Waals surface area (Å²) in [4.78, 5) is 28.8. The molecule has 0 amide bonds. The smallest absolute Gasteiger partial charge is 0.261 e. The van der Waals surface area contributed by atoms with Crippen molar-refractivity contribution >= 4 is 39.2 Å². The second kappa shape index (κ2) is 6.90. The molecule has 1 aliphatic rings. The molecule has 2 aromatic carbocycles. The molecule has 0 radical (unpaired) electrons. The number of pyridine rings is 1. The van der Waals surface area contributed by atoms with Crippen LogP contribution in [0.2, 0.25) is 5.02 Å². The number of aromatic amines is 2. The molecule has 29 heavy (non-hydrogen) atoms. The maximum absolute atomic E-state index is 13.2. The predicted molar refractivity (Wildman–Crippen MR) is 119 cm³/mol. The maximum atomic E-state index is 13.2. The van der Waals surface area contributed by atoms with E-state index in [-0.39, 0.29) is 5.56 Å². The number of likely N-dealkylation sites (N-methyl/N-ethyl adjacent to an activating group) is 1. The first-order valence-electron chi connectivity index (χ1n) is 9.73. The largest absolute Gasteiger partial charge is 0.369 e. The van der Waals surface area contributed by atoms with E-state index in [1.54, 1.807) is 6.07 Å². The van der Waals surface area contributed by atoms with Crippen molar-refractivity contribution in [2.75, 3.05) is 32.1 Å². The van der Waals surface area contributed by atoms with Crippen LogP contribution in [0.4, 0.5) is 5.69 Å². The highest BCUT2D eigenvalue weighted by atomic mass is 35.5. The Labute approximate surface area is 173 Å². The first-order valence-corrected chi connectivity index (χ1v) is 10.1. The van der Waals surface area contributed by atoms with Crippen molar-refractivity contribution in [3.63, 3.8) is 0 Å². The topological polar surface area (TPSA) is 68.0 Å². The summed E-state index contributed by atoms with van der Waals surface area (Å²) in [5.74, 6) is 0.581. The highest BCUT2D eigenvalue weighted by molar-refractivity contribution is 6.31. The first-order chi connectivity index (χ1) is 14.0. The molecule has 4 aromatic rings. The molecule has 1 saturated heterocycles. The van der Waals surface area contributed by atoms with Gasteiger partial charge in [0.05, 0.1) is 22.2 Å². The lowest BCUT2D eigenvalue weighted by atomic mass is 10.1. The quantitative estimate of drug-likeness (QED) is 0.541. The molecule has 1 fully saturated rings. The van der Waals surface area contributed by atoms with E-state index in [1.165, 1.54) is 0 Å². The minimum Gasteiger partial charge on any atom is -0.369 e. The van der Waals surface area contributed by atoms with E-state index in [1.807, 2.05) is 36.4 Å². The summed E-state index contributed by atoms with van der Waals surface area (Å²) < 4.78 is 0. The lowest BCUT2D eigenvalue weighted by Gasteiger charge is -2.24. The number of fused-ring (bicyclic) bond motifs is 2. The fraction of sp³-hybridized carbons (Fsp3) is 0.273. The number of para-hydroxylation sites is 2. The minimum absolute atomic E-state index is 0.151. The molecule has 7 heteroatoms. The van der Waals surface area contributed by atoms with Gasteiger partial charge in [0.2, 0.25) is 0 Å². The fourth-order valence-corrected chi connectivity index (χ4v) is 4.41. The zero-order valence-corrected chi connectivity index (χ0v) is 17.1. The third kappa shape index (κ3) is 3.09. The van der Waals surface area contributed by atoms with E-state index in [2.05, 4.69) is 33.9 Å². The van der Waals surface area contributed by atoms with E-state index in [4.69, 9.17) is 16.6 Å². The summed E-state index contributed by atoms with van der Waals surface area (Å²) in [6, 6.07) is 13.8. The van der Waals surface area contributed by atoms with Gasteiger partial charge in [-0.2, -0.15) is 0 Å². The van der Waals surface area contributed by atoms with Crippen LogP contribution in [0.1, 0.15) is 6.42 Å². The molecule has 0 unspecified atom stereocenters. The van der Waals surface area contributed by atoms with Crippen molar-refractivity contribution in [1.29, 1.82) is 0 Å². The van der Waals surface area contributed by atoms with Crippen LogP contribution < -0.4 is 10.5 Å². The molecule has 1 atom stereocenters. The Morgan fingerprint density at radius 2 is 1.97 bits per heavy atom. The Kier molecular flexibility index (Phi) is 4.33. The van der Waals surface area contributed by atoms with Gasteiger partial charge in [-0.05, 0) is 50.8 Å². The van der Waals surface area contributed by atoms with Gasteiger partial charge in [-0.1, -0.05) is 23.7 Å². The van der Waals surface area contributed by atoms with Crippen LogP contribution in [0, 0.1) is 0 Å². The number of nitrogens with one attached hydrogen (secondary N) is 2. The van der Waals surface area contributed by atoms with Crippen LogP contribution in [-0.2, 0) is 0 Å². The number of hydrogen-bond acceptors (Lipinski definition) is 4. The van der Waals surface area contributed by atoms with Crippen molar-refractivity contribution in [3.8, 4) is 11.4 Å². The van der Waals surface area contributed by atoms with Gasteiger partial charge < -0.3 is 19.8 Å². The van der Waals surface area contributed by atoms with Crippen LogP contribution in [0.3, 0.4) is 0 Å². The van der Waals surface area contributed by atoms with Crippen LogP contribution in [0.25, 0.3) is 33.3 Å². The molecule has 2 aromatic heterocycles. The molecule has 0 saturated carbocycles. The number of rotatable bonds is 3. The van der Waals surface area contributed by atoms with Crippen molar-refractivity contribution < 1.29 is 0 Å². The first kappa shape index (κ1) is 18.2. The summed E-state index contributed by atoms with van der Waals surface area (Å²) in [6.07, 6.45) is 1.04. The van der Waals surface area contributed by atoms with Crippen molar-refractivity contribution in [1.82, 2.24) is 19.9 Å². The van der Waals surface area contributed by atoms with Crippen molar-refractivity contribution in [2.45, 2.75) is 12.5 Å². The standard InChI is InChI=1S/C22H22ClN5O/c1-27(2)14-9-10-28(12-14)20-15-11-13(23)7-8-16(15)26-22(29)19(20)21-24-17-5-3-4-6-18(17)25-21/h3-8,11,14H,9-10,12H2,1-2H3,(H,24,25)(H,26,29)/t14-/m1/s1. The second-order valence-electron chi connectivity index (χ2n) is 7.82. The Bertz CT molecular complexity index is 1240. The van der Waals surface area contributed by atoms with Crippen molar-refractivity contribution in [3.05, 3.63) is 57.8 Å². The summed E-state index contributed by atoms with van der Waals surface area (Å²) in [5, 5.41) is 1.58. The lowest BCUT2D eigenvalue weighted by Crippen LogP contribution is -2.32. The molecule has 0 spiro atoms. The molecule has 148 valence electrons. The summed E-state index contributed by atoms with van der Waals surface area (Å²) in [7, 11) is 4.20. The van der Waals surface area contributed by atoms with Gasteiger partial charge in [0.25, 0.3) is 5.56 Å². The van der Waals surface area contributed by atoms with Crippen LogP contribution in [-0.4, -0.2) is 53.1 Å². The average molecular weight is 408 g/mol. The molecule has 6 nitrogen and oxygen atoms in total. The maximum Gasteiger partial charge on any atom is 0.261 e. The number of H-pyrrole nitrogens is 2. The summed E-state index contributed by atoms with van der Waals surface area (Å²) >= 11 is 6.34. The number of benzene rings is 2. The Morgan fingerprint density at radius 1 is 1.14 bits per heavy atom. The van der Waals surface area contributed by atoms with Crippen LogP contribution in [0.5, 0.6) is 0 Å².